The minimum atomic E-state index is -0.621. The molecule has 0 aliphatic heterocycles. The van der Waals surface area contributed by atoms with Gasteiger partial charge in [0, 0.05) is 13.2 Å². The quantitative estimate of drug-likeness (QED) is 0.450. The van der Waals surface area contributed by atoms with E-state index < -0.39 is 17.7 Å². The van der Waals surface area contributed by atoms with E-state index in [9.17, 15) is 9.90 Å². The summed E-state index contributed by atoms with van der Waals surface area (Å²) in [5, 5.41) is 12.8. The highest BCUT2D eigenvalue weighted by Crippen LogP contribution is 2.29. The normalized spacial score (nSPS) is 15.3. The summed E-state index contributed by atoms with van der Waals surface area (Å²) >= 11 is 0. The second-order valence-corrected chi connectivity index (χ2v) is 8.13. The third kappa shape index (κ3) is 12.4. The number of ether oxygens (including phenoxy) is 2. The van der Waals surface area contributed by atoms with Crippen LogP contribution in [0.2, 0.25) is 0 Å². The van der Waals surface area contributed by atoms with Crippen molar-refractivity contribution in [1.29, 1.82) is 0 Å². The maximum atomic E-state index is 12.2. The van der Waals surface area contributed by atoms with Crippen molar-refractivity contribution in [2.24, 2.45) is 5.41 Å². The molecule has 0 amide bonds. The summed E-state index contributed by atoms with van der Waals surface area (Å²) in [7, 11) is 0. The second-order valence-electron chi connectivity index (χ2n) is 8.13. The third-order valence-corrected chi connectivity index (χ3v) is 3.30. The van der Waals surface area contributed by atoms with Crippen LogP contribution in [0, 0.1) is 5.41 Å². The number of carbonyl (C=O) groups is 1. The molecule has 2 atom stereocenters. The maximum absolute atomic E-state index is 12.2. The standard InChI is InChI=1S/C18H37NO4/c1-8-9-10-22-12-15(20)11-19-14(2)16(21)23-18(6,7)13-17(3,4)5/h14-15,19-20H,8-13H2,1-7H3. The van der Waals surface area contributed by atoms with Crippen LogP contribution in [0.4, 0.5) is 0 Å². The molecule has 0 aliphatic rings. The third-order valence-electron chi connectivity index (χ3n) is 3.30. The Morgan fingerprint density at radius 3 is 2.35 bits per heavy atom. The van der Waals surface area contributed by atoms with Gasteiger partial charge in [-0.25, -0.2) is 0 Å². The lowest BCUT2D eigenvalue weighted by Crippen LogP contribution is -2.44. The number of hydrogen-bond donors (Lipinski definition) is 2. The van der Waals surface area contributed by atoms with E-state index in [1.165, 1.54) is 0 Å². The maximum Gasteiger partial charge on any atom is 0.323 e. The molecule has 0 aromatic rings. The lowest BCUT2D eigenvalue weighted by Gasteiger charge is -2.33. The van der Waals surface area contributed by atoms with Crippen LogP contribution < -0.4 is 5.32 Å². The predicted octanol–water partition coefficient (Wildman–Crippen LogP) is 2.90. The van der Waals surface area contributed by atoms with Gasteiger partial charge in [0.15, 0.2) is 0 Å². The SMILES string of the molecule is CCCCOCC(O)CNC(C)C(=O)OC(C)(C)CC(C)(C)C. The van der Waals surface area contributed by atoms with Crippen molar-refractivity contribution >= 4 is 5.97 Å². The van der Waals surface area contributed by atoms with Crippen LogP contribution in [0.15, 0.2) is 0 Å². The molecule has 0 radical (unpaired) electrons. The monoisotopic (exact) mass is 331 g/mol. The molecule has 0 rings (SSSR count). The summed E-state index contributed by atoms with van der Waals surface area (Å²) < 4.78 is 11.0. The summed E-state index contributed by atoms with van der Waals surface area (Å²) in [4.78, 5) is 12.2. The minimum absolute atomic E-state index is 0.0898. The summed E-state index contributed by atoms with van der Waals surface area (Å²) in [6.45, 7) is 15.3. The lowest BCUT2D eigenvalue weighted by molar-refractivity contribution is -0.161. The molecule has 2 unspecified atom stereocenters. The predicted molar refractivity (Wildman–Crippen MR) is 93.4 cm³/mol. The molecule has 5 heteroatoms. The molecule has 0 saturated heterocycles. The smallest absolute Gasteiger partial charge is 0.323 e. The summed E-state index contributed by atoms with van der Waals surface area (Å²) in [6, 6.07) is -0.459. The van der Waals surface area contributed by atoms with Crippen LogP contribution >= 0.6 is 0 Å². The molecular weight excluding hydrogens is 294 g/mol. The number of nitrogens with one attached hydrogen (secondary N) is 1. The van der Waals surface area contributed by atoms with Gasteiger partial charge in [-0.05, 0) is 39.0 Å². The molecule has 0 heterocycles. The summed E-state index contributed by atoms with van der Waals surface area (Å²) in [5.41, 5.74) is -0.417. The molecule has 0 bridgehead atoms. The van der Waals surface area contributed by atoms with Crippen LogP contribution in [0.3, 0.4) is 0 Å². The van der Waals surface area contributed by atoms with E-state index >= 15 is 0 Å². The van der Waals surface area contributed by atoms with Gasteiger partial charge in [-0.2, -0.15) is 0 Å². The molecule has 0 fully saturated rings. The zero-order valence-electron chi connectivity index (χ0n) is 16.1. The first-order chi connectivity index (χ1) is 10.5. The van der Waals surface area contributed by atoms with E-state index in [0.717, 1.165) is 19.3 Å². The van der Waals surface area contributed by atoms with Crippen LogP contribution in [-0.2, 0) is 14.3 Å². The van der Waals surface area contributed by atoms with E-state index in [2.05, 4.69) is 33.0 Å². The largest absolute Gasteiger partial charge is 0.458 e. The zero-order valence-corrected chi connectivity index (χ0v) is 16.1. The molecule has 0 aromatic carbocycles. The van der Waals surface area contributed by atoms with Crippen LogP contribution in [-0.4, -0.2) is 48.6 Å². The number of hydrogen-bond acceptors (Lipinski definition) is 5. The molecule has 0 aliphatic carbocycles. The van der Waals surface area contributed by atoms with E-state index in [1.807, 2.05) is 13.8 Å². The van der Waals surface area contributed by atoms with Crippen molar-refractivity contribution in [2.75, 3.05) is 19.8 Å². The average Bonchev–Trinajstić information content (AvgIpc) is 2.37. The highest BCUT2D eigenvalue weighted by molar-refractivity contribution is 5.75. The van der Waals surface area contributed by atoms with Crippen molar-refractivity contribution in [1.82, 2.24) is 5.32 Å². The minimum Gasteiger partial charge on any atom is -0.458 e. The van der Waals surface area contributed by atoms with E-state index in [-0.39, 0.29) is 18.0 Å². The van der Waals surface area contributed by atoms with E-state index in [4.69, 9.17) is 9.47 Å². The Kier molecular flexibility index (Phi) is 9.97. The van der Waals surface area contributed by atoms with Gasteiger partial charge in [-0.3, -0.25) is 4.79 Å². The van der Waals surface area contributed by atoms with Gasteiger partial charge in [0.25, 0.3) is 0 Å². The van der Waals surface area contributed by atoms with Gasteiger partial charge < -0.3 is 19.9 Å². The van der Waals surface area contributed by atoms with Crippen LogP contribution in [0.1, 0.15) is 67.7 Å². The van der Waals surface area contributed by atoms with Crippen LogP contribution in [0.25, 0.3) is 0 Å². The van der Waals surface area contributed by atoms with Crippen molar-refractivity contribution in [3.8, 4) is 0 Å². The molecule has 2 N–H and O–H groups in total. The fraction of sp³-hybridized carbons (Fsp3) is 0.944. The second kappa shape index (κ2) is 10.3. The van der Waals surface area contributed by atoms with Crippen LogP contribution in [0.5, 0.6) is 0 Å². The number of carbonyl (C=O) groups excluding carboxylic acids is 1. The first-order valence-corrected chi connectivity index (χ1v) is 8.69. The number of esters is 1. The Morgan fingerprint density at radius 1 is 1.22 bits per heavy atom. The molecule has 5 nitrogen and oxygen atoms in total. The molecule has 0 saturated carbocycles. The topological polar surface area (TPSA) is 67.8 Å². The summed E-state index contributed by atoms with van der Waals surface area (Å²) in [5.74, 6) is -0.293. The Bertz CT molecular complexity index is 336. The van der Waals surface area contributed by atoms with Gasteiger partial charge in [0.2, 0.25) is 0 Å². The van der Waals surface area contributed by atoms with Gasteiger partial charge in [0.1, 0.15) is 11.6 Å². The molecule has 0 spiro atoms. The van der Waals surface area contributed by atoms with E-state index in [0.29, 0.717) is 13.2 Å². The number of aliphatic hydroxyl groups is 1. The lowest BCUT2D eigenvalue weighted by atomic mass is 9.83. The van der Waals surface area contributed by atoms with Crippen molar-refractivity contribution in [3.05, 3.63) is 0 Å². The van der Waals surface area contributed by atoms with Crippen molar-refractivity contribution < 1.29 is 19.4 Å². The zero-order chi connectivity index (χ0) is 18.1. The average molecular weight is 331 g/mol. The van der Waals surface area contributed by atoms with E-state index in [1.54, 1.807) is 6.92 Å². The van der Waals surface area contributed by atoms with Gasteiger partial charge >= 0.3 is 5.97 Å². The Balaban J connectivity index is 4.10. The molecular formula is C18H37NO4. The van der Waals surface area contributed by atoms with Crippen molar-refractivity contribution in [2.45, 2.75) is 85.5 Å². The first-order valence-electron chi connectivity index (χ1n) is 8.69. The Morgan fingerprint density at radius 2 is 1.83 bits per heavy atom. The Hall–Kier alpha value is -0.650. The number of unbranched alkanes of at least 4 members (excludes halogenated alkanes) is 1. The molecule has 23 heavy (non-hydrogen) atoms. The van der Waals surface area contributed by atoms with Gasteiger partial charge in [0.05, 0.1) is 12.7 Å². The number of rotatable bonds is 11. The first kappa shape index (κ1) is 22.4. The summed E-state index contributed by atoms with van der Waals surface area (Å²) in [6.07, 6.45) is 2.23. The van der Waals surface area contributed by atoms with Gasteiger partial charge in [-0.15, -0.1) is 0 Å². The Labute approximate surface area is 142 Å². The molecule has 138 valence electrons. The van der Waals surface area contributed by atoms with Gasteiger partial charge in [-0.1, -0.05) is 34.1 Å². The van der Waals surface area contributed by atoms with Crippen molar-refractivity contribution in [3.63, 3.8) is 0 Å². The molecule has 0 aromatic heterocycles. The fourth-order valence-electron chi connectivity index (χ4n) is 2.59. The highest BCUT2D eigenvalue weighted by Gasteiger charge is 2.30. The highest BCUT2D eigenvalue weighted by atomic mass is 16.6. The fourth-order valence-corrected chi connectivity index (χ4v) is 2.59. The number of aliphatic hydroxyl groups excluding tert-OH is 1.